The molecule has 0 saturated carbocycles. The number of aromatic nitrogens is 2. The van der Waals surface area contributed by atoms with Crippen molar-refractivity contribution in [3.8, 4) is 0 Å². The van der Waals surface area contributed by atoms with Crippen molar-refractivity contribution in [2.75, 3.05) is 0 Å². The minimum Gasteiger partial charge on any atom is -0.359 e. The number of thiocarbonyl (C=S) groups is 2. The van der Waals surface area contributed by atoms with E-state index >= 15 is 0 Å². The second-order valence-corrected chi connectivity index (χ2v) is 3.99. The van der Waals surface area contributed by atoms with Gasteiger partial charge in [-0.05, 0) is 38.3 Å². The maximum Gasteiger partial charge on any atom is 0.161 e. The van der Waals surface area contributed by atoms with Gasteiger partial charge in [0.15, 0.2) is 11.5 Å². The van der Waals surface area contributed by atoms with Crippen molar-refractivity contribution < 1.29 is 9.05 Å². The highest BCUT2D eigenvalue weighted by Crippen LogP contribution is 2.14. The van der Waals surface area contributed by atoms with E-state index in [0.29, 0.717) is 11.5 Å². The molecule has 0 aliphatic carbocycles. The van der Waals surface area contributed by atoms with Crippen LogP contribution < -0.4 is 0 Å². The molecule has 0 fully saturated rings. The molecular weight excluding hydrogens is 296 g/mol. The second-order valence-electron chi connectivity index (χ2n) is 3.62. The van der Waals surface area contributed by atoms with Crippen LogP contribution in [0.25, 0.3) is 0 Å². The Morgan fingerprint density at radius 2 is 1.35 bits per heavy atom. The molecule has 0 aliphatic rings. The fraction of sp³-hybridized carbons (Fsp3) is 0.333. The summed E-state index contributed by atoms with van der Waals surface area (Å²) >= 11 is 8.85. The Morgan fingerprint density at radius 3 is 1.60 bits per heavy atom. The maximum atomic E-state index is 4.82. The van der Waals surface area contributed by atoms with Gasteiger partial charge in [-0.2, -0.15) is 0 Å². The van der Waals surface area contributed by atoms with Crippen molar-refractivity contribution in [1.29, 1.82) is 0 Å². The van der Waals surface area contributed by atoms with Gasteiger partial charge in [-0.1, -0.05) is 10.3 Å². The third kappa shape index (κ3) is 5.34. The Balaban J connectivity index is 0.000000200. The number of hydrogen-bond donors (Lipinski definition) is 0. The predicted octanol–water partition coefficient (Wildman–Crippen LogP) is 3.68. The van der Waals surface area contributed by atoms with Crippen molar-refractivity contribution >= 4 is 34.8 Å². The molecule has 104 valence electrons. The zero-order chi connectivity index (χ0) is 14.8. The molecule has 2 heterocycles. The van der Waals surface area contributed by atoms with E-state index in [1.807, 2.05) is 13.8 Å². The number of aliphatic imine (C=N–C) groups is 2. The van der Waals surface area contributed by atoms with E-state index in [1.165, 1.54) is 0 Å². The zero-order valence-electron chi connectivity index (χ0n) is 10.9. The van der Waals surface area contributed by atoms with Crippen LogP contribution in [-0.2, 0) is 0 Å². The first kappa shape index (κ1) is 16.1. The van der Waals surface area contributed by atoms with Crippen molar-refractivity contribution in [2.24, 2.45) is 9.98 Å². The largest absolute Gasteiger partial charge is 0.359 e. The molecule has 0 radical (unpaired) electrons. The molecule has 0 aliphatic heterocycles. The third-order valence-corrected chi connectivity index (χ3v) is 2.44. The topological polar surface area (TPSA) is 76.8 Å². The molecule has 0 amide bonds. The SMILES string of the molecule is C[C@@H](N=C=S)c1ccno1.C[C@H](N=C=S)c1ccno1. The van der Waals surface area contributed by atoms with Gasteiger partial charge in [-0.3, -0.25) is 0 Å². The molecule has 0 saturated heterocycles. The molecule has 2 rings (SSSR count). The fourth-order valence-electron chi connectivity index (χ4n) is 1.17. The second kappa shape index (κ2) is 9.01. The van der Waals surface area contributed by atoms with E-state index in [1.54, 1.807) is 24.5 Å². The predicted molar refractivity (Wildman–Crippen MR) is 79.9 cm³/mol. The molecule has 6 nitrogen and oxygen atoms in total. The number of isothiocyanates is 2. The minimum atomic E-state index is -0.0694. The molecule has 0 N–H and O–H groups in total. The monoisotopic (exact) mass is 308 g/mol. The van der Waals surface area contributed by atoms with Crippen LogP contribution in [0.2, 0.25) is 0 Å². The minimum absolute atomic E-state index is 0.0694. The molecule has 0 bridgehead atoms. The molecule has 0 aromatic carbocycles. The first-order chi connectivity index (χ1) is 9.69. The number of rotatable bonds is 4. The highest BCUT2D eigenvalue weighted by molar-refractivity contribution is 7.78. The summed E-state index contributed by atoms with van der Waals surface area (Å²) in [7, 11) is 0. The highest BCUT2D eigenvalue weighted by atomic mass is 32.1. The molecule has 0 spiro atoms. The third-order valence-electron chi connectivity index (χ3n) is 2.23. The molecule has 8 heteroatoms. The van der Waals surface area contributed by atoms with Gasteiger partial charge in [0.2, 0.25) is 0 Å². The van der Waals surface area contributed by atoms with Crippen LogP contribution >= 0.6 is 24.4 Å². The van der Waals surface area contributed by atoms with Crippen LogP contribution in [0.1, 0.15) is 37.5 Å². The first-order valence-electron chi connectivity index (χ1n) is 5.64. The van der Waals surface area contributed by atoms with Gasteiger partial charge >= 0.3 is 0 Å². The van der Waals surface area contributed by atoms with Crippen LogP contribution in [0.15, 0.2) is 43.6 Å². The zero-order valence-corrected chi connectivity index (χ0v) is 12.5. The molecule has 2 aromatic rings. The summed E-state index contributed by atoms with van der Waals surface area (Å²) in [5.74, 6) is 1.41. The van der Waals surface area contributed by atoms with E-state index in [-0.39, 0.29) is 12.1 Å². The number of hydrogen-bond acceptors (Lipinski definition) is 8. The highest BCUT2D eigenvalue weighted by Gasteiger charge is 2.05. The summed E-state index contributed by atoms with van der Waals surface area (Å²) in [6.07, 6.45) is 3.15. The Bertz CT molecular complexity index is 531. The molecule has 20 heavy (non-hydrogen) atoms. The van der Waals surface area contributed by atoms with Crippen LogP contribution in [0.5, 0.6) is 0 Å². The van der Waals surface area contributed by atoms with Gasteiger partial charge in [0.05, 0.1) is 22.7 Å². The molecule has 2 atom stereocenters. The van der Waals surface area contributed by atoms with Crippen LogP contribution in [0.4, 0.5) is 0 Å². The van der Waals surface area contributed by atoms with Gasteiger partial charge in [0.25, 0.3) is 0 Å². The summed E-state index contributed by atoms with van der Waals surface area (Å²) in [4.78, 5) is 7.60. The summed E-state index contributed by atoms with van der Waals surface area (Å²) in [6, 6.07) is 3.36. The molecular formula is C12H12N4O2S2. The standard InChI is InChI=1S/2C6H6N2OS/c2*1-5(7-4-10)6-2-3-8-9-6/h2*2-3,5H,1H3/t2*5-/m10/s1. The van der Waals surface area contributed by atoms with Crippen molar-refractivity contribution in [2.45, 2.75) is 25.9 Å². The van der Waals surface area contributed by atoms with Crippen molar-refractivity contribution in [3.05, 3.63) is 36.0 Å². The average molecular weight is 308 g/mol. The Labute approximate surface area is 126 Å². The van der Waals surface area contributed by atoms with E-state index in [2.05, 4.69) is 55.1 Å². The van der Waals surface area contributed by atoms with Crippen LogP contribution in [0, 0.1) is 0 Å². The quantitative estimate of drug-likeness (QED) is 0.633. The normalized spacial score (nSPS) is 12.1. The Hall–Kier alpha value is -1.98. The van der Waals surface area contributed by atoms with E-state index in [0.717, 1.165) is 0 Å². The van der Waals surface area contributed by atoms with Crippen molar-refractivity contribution in [1.82, 2.24) is 10.3 Å². The smallest absolute Gasteiger partial charge is 0.161 e. The van der Waals surface area contributed by atoms with Gasteiger partial charge in [0.1, 0.15) is 12.1 Å². The Kier molecular flexibility index (Phi) is 7.24. The summed E-state index contributed by atoms with van der Waals surface area (Å²) in [6.45, 7) is 3.72. The van der Waals surface area contributed by atoms with Crippen LogP contribution in [-0.4, -0.2) is 20.6 Å². The van der Waals surface area contributed by atoms with E-state index in [9.17, 15) is 0 Å². The fourth-order valence-corrected chi connectivity index (χ4v) is 1.48. The lowest BCUT2D eigenvalue weighted by molar-refractivity contribution is 0.368. The maximum absolute atomic E-state index is 4.82. The number of nitrogens with zero attached hydrogens (tertiary/aromatic N) is 4. The van der Waals surface area contributed by atoms with Gasteiger partial charge < -0.3 is 9.05 Å². The average Bonchev–Trinajstić information content (AvgIpc) is 3.14. The van der Waals surface area contributed by atoms with E-state index < -0.39 is 0 Å². The van der Waals surface area contributed by atoms with Gasteiger partial charge in [-0.15, -0.1) is 0 Å². The lowest BCUT2D eigenvalue weighted by atomic mass is 10.3. The van der Waals surface area contributed by atoms with Crippen LogP contribution in [0.3, 0.4) is 0 Å². The first-order valence-corrected chi connectivity index (χ1v) is 6.45. The summed E-state index contributed by atoms with van der Waals surface area (Å²) < 4.78 is 9.64. The molecule has 0 unspecified atom stereocenters. The molecule has 2 aromatic heterocycles. The van der Waals surface area contributed by atoms with E-state index in [4.69, 9.17) is 9.05 Å². The van der Waals surface area contributed by atoms with Crippen molar-refractivity contribution in [3.63, 3.8) is 0 Å². The van der Waals surface area contributed by atoms with Gasteiger partial charge in [-0.25, -0.2) is 9.98 Å². The lowest BCUT2D eigenvalue weighted by Crippen LogP contribution is -1.83. The summed E-state index contributed by atoms with van der Waals surface area (Å²) in [5.41, 5.74) is 0. The Morgan fingerprint density at radius 1 is 0.950 bits per heavy atom. The van der Waals surface area contributed by atoms with Gasteiger partial charge in [0, 0.05) is 12.1 Å². The lowest BCUT2D eigenvalue weighted by Gasteiger charge is -1.94. The summed E-state index contributed by atoms with van der Waals surface area (Å²) in [5, 5.41) is 11.6.